The van der Waals surface area contributed by atoms with Gasteiger partial charge in [0, 0.05) is 24.5 Å². The summed E-state index contributed by atoms with van der Waals surface area (Å²) >= 11 is 0. The molecule has 0 aliphatic carbocycles. The van der Waals surface area contributed by atoms with E-state index in [0.717, 1.165) is 24.8 Å². The van der Waals surface area contributed by atoms with E-state index in [1.54, 1.807) is 42.7 Å². The first-order valence-corrected chi connectivity index (χ1v) is 12.6. The van der Waals surface area contributed by atoms with Crippen molar-refractivity contribution in [2.75, 3.05) is 20.8 Å². The SMILES string of the molecule is CCCCCOc1ccc(C2/C(=C(/O)c3ccc(OC)c(OC)c3)C(=O)C(=O)N2Cc2ccncc2)cc1. The molecular formula is C30H32N2O6. The lowest BCUT2D eigenvalue weighted by Gasteiger charge is -2.25. The Morgan fingerprint density at radius 2 is 1.66 bits per heavy atom. The van der Waals surface area contributed by atoms with Crippen molar-refractivity contribution < 1.29 is 28.9 Å². The van der Waals surface area contributed by atoms with Crippen LogP contribution < -0.4 is 14.2 Å². The first-order valence-electron chi connectivity index (χ1n) is 12.6. The van der Waals surface area contributed by atoms with E-state index in [1.165, 1.54) is 19.1 Å². The summed E-state index contributed by atoms with van der Waals surface area (Å²) in [5.41, 5.74) is 1.84. The van der Waals surface area contributed by atoms with Gasteiger partial charge in [0.1, 0.15) is 11.5 Å². The molecule has 2 aromatic carbocycles. The van der Waals surface area contributed by atoms with Crippen LogP contribution in [-0.4, -0.2) is 47.5 Å². The van der Waals surface area contributed by atoms with Crippen LogP contribution in [0.25, 0.3) is 5.76 Å². The zero-order chi connectivity index (χ0) is 27.1. The zero-order valence-corrected chi connectivity index (χ0v) is 21.8. The highest BCUT2D eigenvalue weighted by Gasteiger charge is 2.46. The molecule has 8 heteroatoms. The second kappa shape index (κ2) is 12.3. The summed E-state index contributed by atoms with van der Waals surface area (Å²) in [6.07, 6.45) is 6.44. The van der Waals surface area contributed by atoms with Gasteiger partial charge < -0.3 is 24.2 Å². The fourth-order valence-electron chi connectivity index (χ4n) is 4.50. The number of hydrogen-bond acceptors (Lipinski definition) is 7. The molecule has 3 aromatic rings. The number of nitrogens with zero attached hydrogens (tertiary/aromatic N) is 2. The van der Waals surface area contributed by atoms with Crippen molar-refractivity contribution in [3.8, 4) is 17.2 Å². The highest BCUT2D eigenvalue weighted by Crippen LogP contribution is 2.41. The number of amides is 1. The zero-order valence-electron chi connectivity index (χ0n) is 21.8. The first kappa shape index (κ1) is 26.7. The van der Waals surface area contributed by atoms with Gasteiger partial charge >= 0.3 is 0 Å². The van der Waals surface area contributed by atoms with Gasteiger partial charge in [0.25, 0.3) is 11.7 Å². The van der Waals surface area contributed by atoms with Crippen molar-refractivity contribution in [2.45, 2.75) is 38.8 Å². The van der Waals surface area contributed by atoms with Gasteiger partial charge in [0.2, 0.25) is 0 Å². The number of rotatable bonds is 11. The predicted molar refractivity (Wildman–Crippen MR) is 143 cm³/mol. The summed E-state index contributed by atoms with van der Waals surface area (Å²) in [5.74, 6) is -0.149. The van der Waals surface area contributed by atoms with Crippen LogP contribution in [0.2, 0.25) is 0 Å². The van der Waals surface area contributed by atoms with Crippen molar-refractivity contribution in [1.29, 1.82) is 0 Å². The number of likely N-dealkylation sites (tertiary alicyclic amines) is 1. The lowest BCUT2D eigenvalue weighted by molar-refractivity contribution is -0.140. The molecule has 1 aliphatic rings. The molecule has 0 spiro atoms. The topological polar surface area (TPSA) is 98.2 Å². The number of methoxy groups -OCH3 is 2. The molecule has 2 heterocycles. The molecule has 1 atom stereocenters. The van der Waals surface area contributed by atoms with E-state index < -0.39 is 17.7 Å². The van der Waals surface area contributed by atoms with E-state index >= 15 is 0 Å². The molecule has 0 saturated carbocycles. The van der Waals surface area contributed by atoms with E-state index in [9.17, 15) is 14.7 Å². The predicted octanol–water partition coefficient (Wildman–Crippen LogP) is 5.29. The first-order chi connectivity index (χ1) is 18.5. The number of ketones is 1. The molecule has 0 bridgehead atoms. The Morgan fingerprint density at radius 3 is 2.32 bits per heavy atom. The Morgan fingerprint density at radius 1 is 0.947 bits per heavy atom. The van der Waals surface area contributed by atoms with Crippen LogP contribution in [-0.2, 0) is 16.1 Å². The van der Waals surface area contributed by atoms with E-state index in [-0.39, 0.29) is 17.9 Å². The number of hydrogen-bond donors (Lipinski definition) is 1. The quantitative estimate of drug-likeness (QED) is 0.160. The number of ether oxygens (including phenoxy) is 3. The Kier molecular flexibility index (Phi) is 8.63. The number of aromatic nitrogens is 1. The largest absolute Gasteiger partial charge is 0.507 e. The van der Waals surface area contributed by atoms with E-state index in [0.29, 0.717) is 35.0 Å². The van der Waals surface area contributed by atoms with Crippen LogP contribution >= 0.6 is 0 Å². The summed E-state index contributed by atoms with van der Waals surface area (Å²) in [5, 5.41) is 11.4. The molecule has 4 rings (SSSR count). The Hall–Kier alpha value is -4.33. The molecule has 8 nitrogen and oxygen atoms in total. The van der Waals surface area contributed by atoms with Crippen LogP contribution in [0, 0.1) is 0 Å². The molecule has 38 heavy (non-hydrogen) atoms. The van der Waals surface area contributed by atoms with Gasteiger partial charge in [0.05, 0.1) is 32.4 Å². The average Bonchev–Trinajstić information content (AvgIpc) is 3.20. The number of unbranched alkanes of at least 4 members (excludes halogenated alkanes) is 2. The molecule has 1 aliphatic heterocycles. The lowest BCUT2D eigenvalue weighted by Crippen LogP contribution is -2.29. The molecule has 1 N–H and O–H groups in total. The van der Waals surface area contributed by atoms with Crippen molar-refractivity contribution in [1.82, 2.24) is 9.88 Å². The standard InChI is InChI=1S/C30H32N2O6/c1-4-5-6-17-38-23-10-7-21(8-11-23)27-26(28(33)22-9-12-24(36-2)25(18-22)37-3)29(34)30(35)32(27)19-20-13-15-31-16-14-20/h7-16,18,27,33H,4-6,17,19H2,1-3H3/b28-26-. The maximum absolute atomic E-state index is 13.3. The van der Waals surface area contributed by atoms with Gasteiger partial charge in [-0.3, -0.25) is 14.6 Å². The monoisotopic (exact) mass is 516 g/mol. The summed E-state index contributed by atoms with van der Waals surface area (Å²) in [4.78, 5) is 32.1. The van der Waals surface area contributed by atoms with Crippen molar-refractivity contribution in [3.63, 3.8) is 0 Å². The smallest absolute Gasteiger partial charge is 0.295 e. The van der Waals surface area contributed by atoms with Gasteiger partial charge in [-0.2, -0.15) is 0 Å². The van der Waals surface area contributed by atoms with E-state index in [4.69, 9.17) is 14.2 Å². The minimum absolute atomic E-state index is 0.00731. The summed E-state index contributed by atoms with van der Waals surface area (Å²) < 4.78 is 16.5. The minimum Gasteiger partial charge on any atom is -0.507 e. The fourth-order valence-corrected chi connectivity index (χ4v) is 4.50. The van der Waals surface area contributed by atoms with E-state index in [1.807, 2.05) is 24.3 Å². The van der Waals surface area contributed by atoms with E-state index in [2.05, 4.69) is 11.9 Å². The lowest BCUT2D eigenvalue weighted by atomic mass is 9.95. The summed E-state index contributed by atoms with van der Waals surface area (Å²) in [6, 6.07) is 14.9. The third-order valence-electron chi connectivity index (χ3n) is 6.51. The molecule has 1 unspecified atom stereocenters. The third kappa shape index (κ3) is 5.64. The normalized spacial score (nSPS) is 16.5. The maximum Gasteiger partial charge on any atom is 0.295 e. The van der Waals surface area contributed by atoms with Gasteiger partial charge in [-0.05, 0) is 60.0 Å². The highest BCUT2D eigenvalue weighted by atomic mass is 16.5. The van der Waals surface area contributed by atoms with Crippen LogP contribution in [0.3, 0.4) is 0 Å². The van der Waals surface area contributed by atoms with Crippen LogP contribution in [0.1, 0.15) is 48.9 Å². The molecule has 1 aromatic heterocycles. The Bertz CT molecular complexity index is 1300. The number of Topliss-reactive ketones (excluding diaryl/α,β-unsaturated/α-hetero) is 1. The number of aliphatic hydroxyl groups excluding tert-OH is 1. The number of pyridine rings is 1. The Balaban J connectivity index is 1.76. The molecule has 1 fully saturated rings. The number of carbonyl (C=O) groups is 2. The Labute approximate surface area is 222 Å². The molecule has 1 amide bonds. The minimum atomic E-state index is -0.801. The van der Waals surface area contributed by atoms with Crippen molar-refractivity contribution in [3.05, 3.63) is 89.3 Å². The second-order valence-corrected chi connectivity index (χ2v) is 8.98. The van der Waals surface area contributed by atoms with Gasteiger partial charge in [-0.25, -0.2) is 0 Å². The van der Waals surface area contributed by atoms with Crippen molar-refractivity contribution >= 4 is 17.4 Å². The second-order valence-electron chi connectivity index (χ2n) is 8.98. The van der Waals surface area contributed by atoms with Crippen LogP contribution in [0.5, 0.6) is 17.2 Å². The molecule has 0 radical (unpaired) electrons. The molecular weight excluding hydrogens is 484 g/mol. The molecule has 198 valence electrons. The van der Waals surface area contributed by atoms with Crippen LogP contribution in [0.15, 0.2) is 72.6 Å². The van der Waals surface area contributed by atoms with Crippen molar-refractivity contribution in [2.24, 2.45) is 0 Å². The third-order valence-corrected chi connectivity index (χ3v) is 6.51. The number of aliphatic hydroxyl groups is 1. The van der Waals surface area contributed by atoms with Gasteiger partial charge in [-0.1, -0.05) is 31.9 Å². The van der Waals surface area contributed by atoms with Gasteiger partial charge in [-0.15, -0.1) is 0 Å². The number of benzene rings is 2. The maximum atomic E-state index is 13.3. The summed E-state index contributed by atoms with van der Waals surface area (Å²) in [7, 11) is 3.00. The van der Waals surface area contributed by atoms with Crippen LogP contribution in [0.4, 0.5) is 0 Å². The average molecular weight is 517 g/mol. The number of carbonyl (C=O) groups excluding carboxylic acids is 2. The molecule has 1 saturated heterocycles. The fraction of sp³-hybridized carbons (Fsp3) is 0.300. The summed E-state index contributed by atoms with van der Waals surface area (Å²) in [6.45, 7) is 2.93. The van der Waals surface area contributed by atoms with Gasteiger partial charge in [0.15, 0.2) is 11.5 Å². The highest BCUT2D eigenvalue weighted by molar-refractivity contribution is 6.46.